The van der Waals surface area contributed by atoms with Crippen LogP contribution in [0.25, 0.3) is 5.57 Å². The number of aryl methyl sites for hydroxylation is 1. The highest BCUT2D eigenvalue weighted by Gasteiger charge is 2.35. The van der Waals surface area contributed by atoms with Gasteiger partial charge in [0.25, 0.3) is 0 Å². The molecule has 0 saturated heterocycles. The van der Waals surface area contributed by atoms with E-state index in [1.807, 2.05) is 6.92 Å². The number of methoxy groups -OCH3 is 2. The van der Waals surface area contributed by atoms with Gasteiger partial charge in [0.15, 0.2) is 6.29 Å². The van der Waals surface area contributed by atoms with E-state index in [-0.39, 0.29) is 24.0 Å². The van der Waals surface area contributed by atoms with E-state index < -0.39 is 11.7 Å². The fourth-order valence-electron chi connectivity index (χ4n) is 3.11. The number of ether oxygens (including phenoxy) is 4. The molecule has 2 unspecified atom stereocenters. The van der Waals surface area contributed by atoms with Crippen LogP contribution >= 0.6 is 11.6 Å². The molecule has 0 radical (unpaired) electrons. The summed E-state index contributed by atoms with van der Waals surface area (Å²) in [5.41, 5.74) is 6.52. The van der Waals surface area contributed by atoms with Gasteiger partial charge < -0.3 is 24.7 Å². The van der Waals surface area contributed by atoms with Crippen molar-refractivity contribution in [2.75, 3.05) is 20.8 Å². The number of aldehydes is 1. The first-order valence-corrected chi connectivity index (χ1v) is 9.73. The van der Waals surface area contributed by atoms with Crippen molar-refractivity contribution < 1.29 is 28.5 Å². The maximum Gasteiger partial charge on any atom is 0.513 e. The van der Waals surface area contributed by atoms with Crippen molar-refractivity contribution in [1.29, 1.82) is 0 Å². The van der Waals surface area contributed by atoms with Gasteiger partial charge in [0.1, 0.15) is 11.5 Å². The van der Waals surface area contributed by atoms with Crippen molar-refractivity contribution in [3.05, 3.63) is 34.0 Å². The molecule has 2 N–H and O–H groups in total. The summed E-state index contributed by atoms with van der Waals surface area (Å²) in [6, 6.07) is 3.26. The molecule has 0 aromatic heterocycles. The van der Waals surface area contributed by atoms with Crippen molar-refractivity contribution in [1.82, 2.24) is 0 Å². The van der Waals surface area contributed by atoms with Gasteiger partial charge in [-0.25, -0.2) is 4.79 Å². The Bertz CT molecular complexity index is 756. The maximum atomic E-state index is 12.2. The Hall–Kier alpha value is -2.09. The standard InChI is InChI=1S/C21H30ClNO6/c1-7-15(26-5)11-21(4,23)19(29-20(25)28-8-2)16(12-24)18-13(3)9-14(22)10-17(18)27-6/h9-10,12,15H,7-8,11,23H2,1-6H3/b19-16-. The zero-order chi connectivity index (χ0) is 22.2. The fourth-order valence-corrected chi connectivity index (χ4v) is 3.38. The summed E-state index contributed by atoms with van der Waals surface area (Å²) in [5.74, 6) is 0.335. The quantitative estimate of drug-likeness (QED) is 0.257. The lowest BCUT2D eigenvalue weighted by atomic mass is 9.86. The van der Waals surface area contributed by atoms with E-state index in [1.165, 1.54) is 7.11 Å². The Kier molecular flexibility index (Phi) is 9.62. The van der Waals surface area contributed by atoms with Crippen LogP contribution in [0.4, 0.5) is 4.79 Å². The summed E-state index contributed by atoms with van der Waals surface area (Å²) >= 11 is 6.12. The normalized spacial score (nSPS) is 15.0. The summed E-state index contributed by atoms with van der Waals surface area (Å²) in [6.07, 6.45) is 0.435. The Morgan fingerprint density at radius 2 is 1.97 bits per heavy atom. The maximum absolute atomic E-state index is 12.2. The minimum absolute atomic E-state index is 0.0230. The van der Waals surface area contributed by atoms with Gasteiger partial charge in [-0.2, -0.15) is 0 Å². The van der Waals surface area contributed by atoms with Gasteiger partial charge >= 0.3 is 6.16 Å². The number of allylic oxidation sites excluding steroid dienone is 1. The van der Waals surface area contributed by atoms with E-state index in [0.717, 1.165) is 0 Å². The largest absolute Gasteiger partial charge is 0.513 e. The number of rotatable bonds is 10. The lowest BCUT2D eigenvalue weighted by molar-refractivity contribution is -0.103. The van der Waals surface area contributed by atoms with Crippen LogP contribution in [-0.2, 0) is 19.0 Å². The van der Waals surface area contributed by atoms with Gasteiger partial charge in [-0.1, -0.05) is 18.5 Å². The van der Waals surface area contributed by atoms with Crippen LogP contribution in [0.15, 0.2) is 17.9 Å². The zero-order valence-electron chi connectivity index (χ0n) is 17.8. The Balaban J connectivity index is 3.73. The number of halogens is 1. The molecule has 0 aliphatic heterocycles. The molecule has 2 atom stereocenters. The second-order valence-corrected chi connectivity index (χ2v) is 7.27. The molecule has 0 saturated carbocycles. The second-order valence-electron chi connectivity index (χ2n) is 6.83. The lowest BCUT2D eigenvalue weighted by Crippen LogP contribution is -2.44. The summed E-state index contributed by atoms with van der Waals surface area (Å²) < 4.78 is 21.2. The number of hydrogen-bond donors (Lipinski definition) is 1. The van der Waals surface area contributed by atoms with Gasteiger partial charge in [-0.05, 0) is 51.3 Å². The first kappa shape index (κ1) is 24.9. The zero-order valence-corrected chi connectivity index (χ0v) is 18.6. The molecule has 7 nitrogen and oxygen atoms in total. The van der Waals surface area contributed by atoms with Crippen molar-refractivity contribution in [2.45, 2.75) is 52.2 Å². The van der Waals surface area contributed by atoms with E-state index in [1.54, 1.807) is 40.0 Å². The average molecular weight is 428 g/mol. The van der Waals surface area contributed by atoms with Crippen molar-refractivity contribution in [3.8, 4) is 5.75 Å². The van der Waals surface area contributed by atoms with Crippen LogP contribution in [0.1, 0.15) is 44.7 Å². The van der Waals surface area contributed by atoms with E-state index in [2.05, 4.69) is 0 Å². The van der Waals surface area contributed by atoms with Crippen LogP contribution in [0.2, 0.25) is 5.02 Å². The van der Waals surface area contributed by atoms with Crippen LogP contribution in [0.3, 0.4) is 0 Å². The van der Waals surface area contributed by atoms with Gasteiger partial charge in [0.05, 0.1) is 30.9 Å². The molecule has 0 spiro atoms. The first-order valence-electron chi connectivity index (χ1n) is 9.35. The molecule has 0 fully saturated rings. The van der Waals surface area contributed by atoms with Gasteiger partial charge in [-0.3, -0.25) is 4.79 Å². The molecule has 162 valence electrons. The number of carbonyl (C=O) groups is 2. The van der Waals surface area contributed by atoms with Crippen LogP contribution in [0, 0.1) is 6.92 Å². The molecule has 0 amide bonds. The summed E-state index contributed by atoms with van der Waals surface area (Å²) in [5, 5.41) is 0.446. The molecular formula is C21H30ClNO6. The van der Waals surface area contributed by atoms with Crippen molar-refractivity contribution in [2.24, 2.45) is 5.73 Å². The Labute approximate surface area is 177 Å². The van der Waals surface area contributed by atoms with Crippen LogP contribution in [0.5, 0.6) is 5.75 Å². The number of hydrogen-bond acceptors (Lipinski definition) is 7. The van der Waals surface area contributed by atoms with Crippen molar-refractivity contribution in [3.63, 3.8) is 0 Å². The van der Waals surface area contributed by atoms with Gasteiger partial charge in [0, 0.05) is 17.7 Å². The SMILES string of the molecule is CCOC(=O)O/C(=C(/C=O)c1c(C)cc(Cl)cc1OC)C(C)(N)CC(CC)OC. The second kappa shape index (κ2) is 11.2. The molecule has 1 rings (SSSR count). The van der Waals surface area contributed by atoms with E-state index in [0.29, 0.717) is 41.0 Å². The highest BCUT2D eigenvalue weighted by atomic mass is 35.5. The van der Waals surface area contributed by atoms with Gasteiger partial charge in [-0.15, -0.1) is 0 Å². The molecule has 0 aliphatic rings. The molecule has 8 heteroatoms. The molecule has 0 bridgehead atoms. The molecule has 29 heavy (non-hydrogen) atoms. The number of benzene rings is 1. The topological polar surface area (TPSA) is 97.1 Å². The lowest BCUT2D eigenvalue weighted by Gasteiger charge is -2.31. The van der Waals surface area contributed by atoms with E-state index >= 15 is 0 Å². The third kappa shape index (κ3) is 6.45. The third-order valence-corrected chi connectivity index (χ3v) is 4.74. The fraction of sp³-hybridized carbons (Fsp3) is 0.524. The predicted octanol–water partition coefficient (Wildman–Crippen LogP) is 4.27. The van der Waals surface area contributed by atoms with E-state index in [4.69, 9.17) is 36.3 Å². The monoisotopic (exact) mass is 427 g/mol. The molecule has 1 aromatic rings. The summed E-state index contributed by atoms with van der Waals surface area (Å²) in [6.45, 7) is 7.16. The third-order valence-electron chi connectivity index (χ3n) is 4.52. The smallest absolute Gasteiger partial charge is 0.496 e. The highest BCUT2D eigenvalue weighted by Crippen LogP contribution is 2.37. The predicted molar refractivity (Wildman–Crippen MR) is 112 cm³/mol. The molecular weight excluding hydrogens is 398 g/mol. The highest BCUT2D eigenvalue weighted by molar-refractivity contribution is 6.31. The Morgan fingerprint density at radius 3 is 2.45 bits per heavy atom. The number of nitrogens with two attached hydrogens (primary N) is 1. The molecule has 0 heterocycles. The number of carbonyl (C=O) groups excluding carboxylic acids is 2. The van der Waals surface area contributed by atoms with Crippen LogP contribution < -0.4 is 10.5 Å². The van der Waals surface area contributed by atoms with Crippen molar-refractivity contribution >= 4 is 29.6 Å². The average Bonchev–Trinajstić information content (AvgIpc) is 2.66. The molecule has 0 aliphatic carbocycles. The summed E-state index contributed by atoms with van der Waals surface area (Å²) in [7, 11) is 3.04. The first-order chi connectivity index (χ1) is 13.6. The van der Waals surface area contributed by atoms with Gasteiger partial charge in [0.2, 0.25) is 0 Å². The minimum atomic E-state index is -1.21. The Morgan fingerprint density at radius 1 is 1.31 bits per heavy atom. The summed E-state index contributed by atoms with van der Waals surface area (Å²) in [4.78, 5) is 24.3. The van der Waals surface area contributed by atoms with Crippen LogP contribution in [-0.4, -0.2) is 44.9 Å². The minimum Gasteiger partial charge on any atom is -0.496 e. The molecule has 1 aromatic carbocycles. The van der Waals surface area contributed by atoms with E-state index in [9.17, 15) is 9.59 Å².